The maximum atomic E-state index is 12.1. The van der Waals surface area contributed by atoms with E-state index in [0.29, 0.717) is 22.1 Å². The predicted molar refractivity (Wildman–Crippen MR) is 97.5 cm³/mol. The molecular formula is C18H15ClN2O2S. The van der Waals surface area contributed by atoms with E-state index in [-0.39, 0.29) is 12.5 Å². The van der Waals surface area contributed by atoms with Crippen LogP contribution in [0.1, 0.15) is 0 Å². The summed E-state index contributed by atoms with van der Waals surface area (Å²) in [6.07, 6.45) is 1.78. The van der Waals surface area contributed by atoms with Gasteiger partial charge in [-0.1, -0.05) is 41.1 Å². The Balaban J connectivity index is 1.83. The molecule has 0 aliphatic rings. The van der Waals surface area contributed by atoms with Crippen molar-refractivity contribution in [3.8, 4) is 5.75 Å². The topological polar surface area (TPSA) is 43.6 Å². The van der Waals surface area contributed by atoms with Crippen molar-refractivity contribution < 1.29 is 9.53 Å². The first-order valence-electron chi connectivity index (χ1n) is 7.32. The van der Waals surface area contributed by atoms with Crippen LogP contribution in [0.4, 0.5) is 0 Å². The molecule has 0 saturated heterocycles. The molecule has 0 spiro atoms. The van der Waals surface area contributed by atoms with Crippen molar-refractivity contribution in [2.45, 2.75) is 6.54 Å². The summed E-state index contributed by atoms with van der Waals surface area (Å²) in [6, 6.07) is 14.8. The van der Waals surface area contributed by atoms with Gasteiger partial charge in [0.25, 0.3) is 5.91 Å². The van der Waals surface area contributed by atoms with Crippen molar-refractivity contribution >= 4 is 39.1 Å². The van der Waals surface area contributed by atoms with Gasteiger partial charge in [0, 0.05) is 11.6 Å². The lowest BCUT2D eigenvalue weighted by Crippen LogP contribution is -2.19. The lowest BCUT2D eigenvalue weighted by molar-refractivity contribution is -0.120. The fourth-order valence-electron chi connectivity index (χ4n) is 2.23. The van der Waals surface area contributed by atoms with Crippen molar-refractivity contribution in [3.05, 3.63) is 71.0 Å². The zero-order chi connectivity index (χ0) is 16.9. The minimum atomic E-state index is -0.339. The Morgan fingerprint density at radius 3 is 2.75 bits per heavy atom. The number of allylic oxidation sites excluding steroid dienone is 1. The van der Waals surface area contributed by atoms with Crippen molar-refractivity contribution in [1.29, 1.82) is 0 Å². The molecule has 0 radical (unpaired) electrons. The van der Waals surface area contributed by atoms with Gasteiger partial charge < -0.3 is 9.30 Å². The van der Waals surface area contributed by atoms with Crippen LogP contribution < -0.4 is 9.54 Å². The van der Waals surface area contributed by atoms with Crippen molar-refractivity contribution in [2.24, 2.45) is 4.99 Å². The molecule has 0 bridgehead atoms. The second-order valence-electron chi connectivity index (χ2n) is 5.00. The molecule has 0 aliphatic heterocycles. The Morgan fingerprint density at radius 1 is 1.25 bits per heavy atom. The number of ether oxygens (including phenoxy) is 1. The van der Waals surface area contributed by atoms with E-state index < -0.39 is 0 Å². The number of para-hydroxylation sites is 1. The molecule has 1 heterocycles. The summed E-state index contributed by atoms with van der Waals surface area (Å²) in [5, 5.41) is 0.620. The number of hydrogen-bond donors (Lipinski definition) is 0. The van der Waals surface area contributed by atoms with Gasteiger partial charge in [-0.2, -0.15) is 4.99 Å². The second kappa shape index (κ2) is 7.47. The van der Waals surface area contributed by atoms with Gasteiger partial charge in [-0.15, -0.1) is 6.58 Å². The molecule has 0 fully saturated rings. The first kappa shape index (κ1) is 16.5. The number of carbonyl (C=O) groups excluding carboxylic acids is 1. The maximum absolute atomic E-state index is 12.1. The molecular weight excluding hydrogens is 344 g/mol. The first-order valence-corrected chi connectivity index (χ1v) is 8.52. The Morgan fingerprint density at radius 2 is 2.00 bits per heavy atom. The van der Waals surface area contributed by atoms with Crippen LogP contribution in [0, 0.1) is 0 Å². The molecule has 1 amide bonds. The Bertz CT molecular complexity index is 942. The third kappa shape index (κ3) is 3.75. The summed E-state index contributed by atoms with van der Waals surface area (Å²) in [7, 11) is 0. The number of amides is 1. The zero-order valence-electron chi connectivity index (χ0n) is 12.8. The molecule has 3 aromatic rings. The van der Waals surface area contributed by atoms with Gasteiger partial charge in [-0.25, -0.2) is 0 Å². The number of nitrogens with zero attached hydrogens (tertiary/aromatic N) is 2. The highest BCUT2D eigenvalue weighted by molar-refractivity contribution is 7.16. The average molecular weight is 359 g/mol. The smallest absolute Gasteiger partial charge is 0.286 e. The van der Waals surface area contributed by atoms with E-state index in [1.807, 2.05) is 28.8 Å². The molecule has 4 nitrogen and oxygen atoms in total. The molecule has 3 rings (SSSR count). The van der Waals surface area contributed by atoms with Crippen LogP contribution >= 0.6 is 22.9 Å². The summed E-state index contributed by atoms with van der Waals surface area (Å²) in [5.41, 5.74) is 1.03. The van der Waals surface area contributed by atoms with Crippen molar-refractivity contribution in [2.75, 3.05) is 6.61 Å². The minimum Gasteiger partial charge on any atom is -0.484 e. The summed E-state index contributed by atoms with van der Waals surface area (Å²) in [5.74, 6) is 0.243. The molecule has 0 atom stereocenters. The fourth-order valence-corrected chi connectivity index (χ4v) is 3.41. The second-order valence-corrected chi connectivity index (χ2v) is 6.45. The van der Waals surface area contributed by atoms with Crippen LogP contribution in [-0.2, 0) is 11.3 Å². The number of rotatable bonds is 5. The molecule has 122 valence electrons. The summed E-state index contributed by atoms with van der Waals surface area (Å²) in [6.45, 7) is 4.24. The van der Waals surface area contributed by atoms with E-state index in [0.717, 1.165) is 10.2 Å². The van der Waals surface area contributed by atoms with Crippen LogP contribution in [0.25, 0.3) is 10.2 Å². The van der Waals surface area contributed by atoms with Gasteiger partial charge in [-0.3, -0.25) is 4.79 Å². The van der Waals surface area contributed by atoms with Crippen LogP contribution in [0.2, 0.25) is 5.02 Å². The molecule has 24 heavy (non-hydrogen) atoms. The highest BCUT2D eigenvalue weighted by Crippen LogP contribution is 2.17. The monoisotopic (exact) mass is 358 g/mol. The van der Waals surface area contributed by atoms with E-state index >= 15 is 0 Å². The number of benzene rings is 2. The van der Waals surface area contributed by atoms with Gasteiger partial charge >= 0.3 is 0 Å². The maximum Gasteiger partial charge on any atom is 0.286 e. The number of aromatic nitrogens is 1. The number of fused-ring (bicyclic) bond motifs is 1. The van der Waals surface area contributed by atoms with Gasteiger partial charge in [0.1, 0.15) is 5.75 Å². The number of carbonyl (C=O) groups is 1. The van der Waals surface area contributed by atoms with Crippen molar-refractivity contribution in [3.63, 3.8) is 0 Å². The molecule has 1 aromatic heterocycles. The highest BCUT2D eigenvalue weighted by atomic mass is 35.5. The van der Waals surface area contributed by atoms with E-state index in [1.54, 1.807) is 30.3 Å². The lowest BCUT2D eigenvalue weighted by Gasteiger charge is -2.03. The standard InChI is InChI=1S/C18H15ClN2O2S/c1-2-11-21-15-5-3-4-6-16(15)24-18(21)20-17(22)12-23-14-9-7-13(19)8-10-14/h2-10H,1,11-12H2. The summed E-state index contributed by atoms with van der Waals surface area (Å²) in [4.78, 5) is 17.0. The van der Waals surface area contributed by atoms with Crippen LogP contribution in [-0.4, -0.2) is 17.1 Å². The summed E-state index contributed by atoms with van der Waals surface area (Å²) < 4.78 is 8.48. The summed E-state index contributed by atoms with van der Waals surface area (Å²) >= 11 is 7.29. The zero-order valence-corrected chi connectivity index (χ0v) is 14.4. The molecule has 2 aromatic carbocycles. The van der Waals surface area contributed by atoms with Gasteiger partial charge in [0.15, 0.2) is 11.4 Å². The normalized spacial score (nSPS) is 11.6. The average Bonchev–Trinajstić information content (AvgIpc) is 2.92. The third-order valence-electron chi connectivity index (χ3n) is 3.30. The minimum absolute atomic E-state index is 0.121. The molecule has 0 N–H and O–H groups in total. The first-order chi connectivity index (χ1) is 11.7. The van der Waals surface area contributed by atoms with Gasteiger partial charge in [0.2, 0.25) is 0 Å². The quantitative estimate of drug-likeness (QED) is 0.646. The number of halogens is 1. The van der Waals surface area contributed by atoms with Crippen LogP contribution in [0.5, 0.6) is 5.75 Å². The van der Waals surface area contributed by atoms with E-state index in [4.69, 9.17) is 16.3 Å². The largest absolute Gasteiger partial charge is 0.484 e. The molecule has 0 saturated carbocycles. The number of hydrogen-bond acceptors (Lipinski definition) is 3. The molecule has 6 heteroatoms. The SMILES string of the molecule is C=CCn1c(=NC(=O)COc2ccc(Cl)cc2)sc2ccccc21. The molecule has 0 aliphatic carbocycles. The molecule has 0 unspecified atom stereocenters. The Kier molecular flexibility index (Phi) is 5.13. The van der Waals surface area contributed by atoms with Gasteiger partial charge in [0.05, 0.1) is 10.2 Å². The predicted octanol–water partition coefficient (Wildman–Crippen LogP) is 4.05. The Labute approximate surface area is 148 Å². The lowest BCUT2D eigenvalue weighted by atomic mass is 10.3. The van der Waals surface area contributed by atoms with Crippen molar-refractivity contribution in [1.82, 2.24) is 4.57 Å². The Hall–Kier alpha value is -2.37. The van der Waals surface area contributed by atoms with E-state index in [1.165, 1.54) is 11.3 Å². The highest BCUT2D eigenvalue weighted by Gasteiger charge is 2.07. The van der Waals surface area contributed by atoms with E-state index in [2.05, 4.69) is 11.6 Å². The van der Waals surface area contributed by atoms with E-state index in [9.17, 15) is 4.79 Å². The van der Waals surface area contributed by atoms with Crippen LogP contribution in [0.3, 0.4) is 0 Å². The third-order valence-corrected chi connectivity index (χ3v) is 4.61. The van der Waals surface area contributed by atoms with Gasteiger partial charge in [-0.05, 0) is 36.4 Å². The fraction of sp³-hybridized carbons (Fsp3) is 0.111. The number of thiazole rings is 1. The van der Waals surface area contributed by atoms with Crippen LogP contribution in [0.15, 0.2) is 66.2 Å².